The monoisotopic (exact) mass is 410 g/mol. The van der Waals surface area contributed by atoms with Crippen molar-refractivity contribution in [3.8, 4) is 0 Å². The molecule has 0 bridgehead atoms. The zero-order chi connectivity index (χ0) is 21.0. The first-order valence-electron chi connectivity index (χ1n) is 9.35. The first kappa shape index (κ1) is 21.1. The fourth-order valence-electron chi connectivity index (χ4n) is 3.75. The Morgan fingerprint density at radius 3 is 2.41 bits per heavy atom. The van der Waals surface area contributed by atoms with Crippen molar-refractivity contribution in [3.05, 3.63) is 65.5 Å². The van der Waals surface area contributed by atoms with Crippen LogP contribution in [0.5, 0.6) is 0 Å². The van der Waals surface area contributed by atoms with Crippen molar-refractivity contribution in [2.75, 3.05) is 24.5 Å². The number of hydrogen-bond acceptors (Lipinski definition) is 3. The lowest BCUT2D eigenvalue weighted by Gasteiger charge is -2.39. The fraction of sp³-hybridized carbons (Fsp3) is 0.381. The lowest BCUT2D eigenvalue weighted by Crippen LogP contribution is -2.46. The minimum Gasteiger partial charge on any atom is -0.480 e. The summed E-state index contributed by atoms with van der Waals surface area (Å²) in [6.07, 6.45) is -3.25. The molecule has 1 N–H and O–H groups in total. The Balaban J connectivity index is 1.70. The summed E-state index contributed by atoms with van der Waals surface area (Å²) in [5.41, 5.74) is 0.172. The third-order valence-electron chi connectivity index (χ3n) is 5.15. The topological polar surface area (TPSA) is 43.8 Å². The Kier molecular flexibility index (Phi) is 6.42. The summed E-state index contributed by atoms with van der Waals surface area (Å²) >= 11 is 0. The van der Waals surface area contributed by atoms with Gasteiger partial charge in [-0.25, -0.2) is 4.39 Å². The first-order valence-corrected chi connectivity index (χ1v) is 9.35. The molecular weight excluding hydrogens is 388 g/mol. The number of para-hydroxylation sites is 1. The Labute approximate surface area is 166 Å². The molecule has 4 nitrogen and oxygen atoms in total. The molecule has 8 heteroatoms. The van der Waals surface area contributed by atoms with Crippen LogP contribution in [0.25, 0.3) is 0 Å². The number of benzene rings is 2. The normalized spacial score (nSPS) is 15.7. The van der Waals surface area contributed by atoms with Crippen LogP contribution in [0.15, 0.2) is 48.5 Å². The molecule has 156 valence electrons. The molecule has 1 heterocycles. The summed E-state index contributed by atoms with van der Waals surface area (Å²) < 4.78 is 52.9. The molecular formula is C21H22F4N2O2. The second-order valence-corrected chi connectivity index (χ2v) is 7.17. The predicted octanol–water partition coefficient (Wildman–Crippen LogP) is 4.40. The van der Waals surface area contributed by atoms with Crippen molar-refractivity contribution >= 4 is 11.7 Å². The van der Waals surface area contributed by atoms with Gasteiger partial charge in [0.15, 0.2) is 0 Å². The quantitative estimate of drug-likeness (QED) is 0.717. The molecule has 29 heavy (non-hydrogen) atoms. The van der Waals surface area contributed by atoms with Gasteiger partial charge in [0.05, 0.1) is 17.8 Å². The second-order valence-electron chi connectivity index (χ2n) is 7.17. The van der Waals surface area contributed by atoms with E-state index in [2.05, 4.69) is 0 Å². The molecule has 0 spiro atoms. The maximum atomic E-state index is 14.0. The molecule has 3 rings (SSSR count). The zero-order valence-electron chi connectivity index (χ0n) is 15.7. The van der Waals surface area contributed by atoms with Crippen LogP contribution in [0.4, 0.5) is 23.2 Å². The van der Waals surface area contributed by atoms with Crippen LogP contribution in [0.3, 0.4) is 0 Å². The van der Waals surface area contributed by atoms with Crippen LogP contribution in [0, 0.1) is 5.82 Å². The van der Waals surface area contributed by atoms with Crippen LogP contribution in [-0.2, 0) is 17.5 Å². The number of alkyl halides is 3. The molecule has 0 aliphatic carbocycles. The van der Waals surface area contributed by atoms with Gasteiger partial charge >= 0.3 is 12.1 Å². The van der Waals surface area contributed by atoms with Gasteiger partial charge in [-0.2, -0.15) is 13.2 Å². The van der Waals surface area contributed by atoms with Gasteiger partial charge in [-0.1, -0.05) is 30.3 Å². The summed E-state index contributed by atoms with van der Waals surface area (Å²) in [4.78, 5) is 14.9. The van der Waals surface area contributed by atoms with Gasteiger partial charge < -0.3 is 10.0 Å². The molecule has 0 amide bonds. The molecule has 0 atom stereocenters. The molecule has 0 radical (unpaired) electrons. The Hall–Kier alpha value is -2.61. The molecule has 0 unspecified atom stereocenters. The van der Waals surface area contributed by atoms with Gasteiger partial charge in [0, 0.05) is 25.7 Å². The standard InChI is InChI=1S/C21H22F4N2O2/c22-18-6-1-2-7-19(18)26-10-8-17(9-11-26)27(14-20(28)29)13-15-4-3-5-16(12-15)21(23,24)25/h1-7,12,17H,8-11,13-14H2,(H,28,29). The number of nitrogens with zero attached hydrogens (tertiary/aromatic N) is 2. The highest BCUT2D eigenvalue weighted by molar-refractivity contribution is 5.69. The van der Waals surface area contributed by atoms with Crippen molar-refractivity contribution in [1.82, 2.24) is 4.90 Å². The highest BCUT2D eigenvalue weighted by Gasteiger charge is 2.31. The SMILES string of the molecule is O=C(O)CN(Cc1cccc(C(F)(F)F)c1)C1CCN(c2ccccc2F)CC1. The Bertz CT molecular complexity index is 849. The van der Waals surface area contributed by atoms with E-state index in [1.165, 1.54) is 12.1 Å². The summed E-state index contributed by atoms with van der Waals surface area (Å²) in [6.45, 7) is 0.940. The van der Waals surface area contributed by atoms with Crippen molar-refractivity contribution in [3.63, 3.8) is 0 Å². The largest absolute Gasteiger partial charge is 0.480 e. The maximum absolute atomic E-state index is 14.0. The Morgan fingerprint density at radius 2 is 1.79 bits per heavy atom. The van der Waals surface area contributed by atoms with Crippen LogP contribution >= 0.6 is 0 Å². The van der Waals surface area contributed by atoms with E-state index in [1.54, 1.807) is 29.2 Å². The van der Waals surface area contributed by atoms with Crippen LogP contribution in [0.2, 0.25) is 0 Å². The minimum atomic E-state index is -4.45. The van der Waals surface area contributed by atoms with Gasteiger partial charge in [0.2, 0.25) is 0 Å². The maximum Gasteiger partial charge on any atom is 0.416 e. The van der Waals surface area contributed by atoms with Gasteiger partial charge in [0.1, 0.15) is 5.82 Å². The van der Waals surface area contributed by atoms with E-state index in [1.807, 2.05) is 4.90 Å². The zero-order valence-corrected chi connectivity index (χ0v) is 15.7. The van der Waals surface area contributed by atoms with E-state index in [9.17, 15) is 27.5 Å². The van der Waals surface area contributed by atoms with E-state index in [0.29, 0.717) is 37.2 Å². The molecule has 1 saturated heterocycles. The molecule has 1 aliphatic rings. The molecule has 0 saturated carbocycles. The minimum absolute atomic E-state index is 0.108. The molecule has 1 fully saturated rings. The number of hydrogen-bond donors (Lipinski definition) is 1. The van der Waals surface area contributed by atoms with Gasteiger partial charge in [-0.15, -0.1) is 0 Å². The highest BCUT2D eigenvalue weighted by atomic mass is 19.4. The van der Waals surface area contributed by atoms with Gasteiger partial charge in [-0.3, -0.25) is 9.69 Å². The van der Waals surface area contributed by atoms with Crippen molar-refractivity contribution in [1.29, 1.82) is 0 Å². The van der Waals surface area contributed by atoms with Crippen LogP contribution < -0.4 is 4.90 Å². The summed E-state index contributed by atoms with van der Waals surface area (Å²) in [6, 6.07) is 11.3. The smallest absolute Gasteiger partial charge is 0.416 e. The lowest BCUT2D eigenvalue weighted by atomic mass is 10.0. The van der Waals surface area contributed by atoms with Crippen molar-refractivity contribution < 1.29 is 27.5 Å². The van der Waals surface area contributed by atoms with E-state index in [-0.39, 0.29) is 24.9 Å². The third-order valence-corrected chi connectivity index (χ3v) is 5.15. The molecule has 2 aromatic carbocycles. The number of anilines is 1. The molecule has 0 aromatic heterocycles. The number of carbonyl (C=O) groups is 1. The van der Waals surface area contributed by atoms with Crippen LogP contribution in [-0.4, -0.2) is 41.7 Å². The summed E-state index contributed by atoms with van der Waals surface area (Å²) in [7, 11) is 0. The number of aliphatic carboxylic acids is 1. The lowest BCUT2D eigenvalue weighted by molar-refractivity contribution is -0.140. The number of piperidine rings is 1. The molecule has 2 aromatic rings. The Morgan fingerprint density at radius 1 is 1.10 bits per heavy atom. The summed E-state index contributed by atoms with van der Waals surface area (Å²) in [5.74, 6) is -1.34. The fourth-order valence-corrected chi connectivity index (χ4v) is 3.75. The van der Waals surface area contributed by atoms with E-state index in [0.717, 1.165) is 12.1 Å². The second kappa shape index (κ2) is 8.82. The third kappa shape index (κ3) is 5.47. The molecule has 1 aliphatic heterocycles. The average Bonchev–Trinajstić information content (AvgIpc) is 2.67. The number of carboxylic acid groups (broad SMARTS) is 1. The van der Waals surface area contributed by atoms with E-state index in [4.69, 9.17) is 0 Å². The average molecular weight is 410 g/mol. The summed E-state index contributed by atoms with van der Waals surface area (Å²) in [5, 5.41) is 9.26. The van der Waals surface area contributed by atoms with E-state index < -0.39 is 17.7 Å². The van der Waals surface area contributed by atoms with Crippen LogP contribution in [0.1, 0.15) is 24.0 Å². The first-order chi connectivity index (χ1) is 13.7. The predicted molar refractivity (Wildman–Crippen MR) is 101 cm³/mol. The number of carboxylic acids is 1. The van der Waals surface area contributed by atoms with Gasteiger partial charge in [-0.05, 0) is 36.6 Å². The van der Waals surface area contributed by atoms with E-state index >= 15 is 0 Å². The number of halogens is 4. The highest BCUT2D eigenvalue weighted by Crippen LogP contribution is 2.30. The van der Waals surface area contributed by atoms with Gasteiger partial charge in [0.25, 0.3) is 0 Å². The number of rotatable bonds is 6. The van der Waals surface area contributed by atoms with Crippen molar-refractivity contribution in [2.45, 2.75) is 31.6 Å². The van der Waals surface area contributed by atoms with Crippen molar-refractivity contribution in [2.24, 2.45) is 0 Å².